The van der Waals surface area contributed by atoms with Crippen molar-refractivity contribution in [2.24, 2.45) is 0 Å². The largest absolute Gasteiger partial charge is 0.248 e. The molecule has 8 aromatic carbocycles. The number of benzene rings is 8. The average molecular weight is 780 g/mol. The Kier molecular flexibility index (Phi) is 8.82. The quantitative estimate of drug-likeness (QED) is 0.162. The van der Waals surface area contributed by atoms with Crippen LogP contribution in [0.4, 0.5) is 0 Å². The van der Waals surface area contributed by atoms with Crippen LogP contribution < -0.4 is 0 Å². The zero-order valence-electron chi connectivity index (χ0n) is 34.0. The smallest absolute Gasteiger partial charge is 0.160 e. The van der Waals surface area contributed by atoms with Gasteiger partial charge in [0.15, 0.2) is 5.82 Å². The highest BCUT2D eigenvalue weighted by Crippen LogP contribution is 2.51. The van der Waals surface area contributed by atoms with Gasteiger partial charge in [0.25, 0.3) is 0 Å². The fourth-order valence-electron chi connectivity index (χ4n) is 9.17. The van der Waals surface area contributed by atoms with Gasteiger partial charge >= 0.3 is 0 Å². The lowest BCUT2D eigenvalue weighted by atomic mass is 9.82. The number of rotatable bonds is 7. The molecule has 1 aliphatic rings. The summed E-state index contributed by atoms with van der Waals surface area (Å²) >= 11 is 0. The lowest BCUT2D eigenvalue weighted by Crippen LogP contribution is -2.14. The van der Waals surface area contributed by atoms with Gasteiger partial charge in [0, 0.05) is 33.1 Å². The molecule has 0 bridgehead atoms. The minimum absolute atomic E-state index is 0.142. The predicted molar refractivity (Wildman–Crippen MR) is 253 cm³/mol. The van der Waals surface area contributed by atoms with E-state index in [0.717, 1.165) is 78.1 Å². The van der Waals surface area contributed by atoms with E-state index in [1.54, 1.807) is 0 Å². The summed E-state index contributed by atoms with van der Waals surface area (Å²) in [5, 5.41) is 1.14. The number of aromatic nitrogens is 3. The zero-order valence-corrected chi connectivity index (χ0v) is 34.0. The van der Waals surface area contributed by atoms with Crippen molar-refractivity contribution in [2.75, 3.05) is 0 Å². The maximum atomic E-state index is 5.49. The van der Waals surface area contributed by atoms with Crippen molar-refractivity contribution >= 4 is 10.9 Å². The molecule has 0 atom stereocenters. The molecule has 10 aromatic rings. The topological polar surface area (TPSA) is 38.7 Å². The number of hydrogen-bond donors (Lipinski definition) is 0. The van der Waals surface area contributed by atoms with Crippen LogP contribution in [0.15, 0.2) is 212 Å². The Morgan fingerprint density at radius 3 is 1.46 bits per heavy atom. The first-order chi connectivity index (χ1) is 30.0. The van der Waals surface area contributed by atoms with Gasteiger partial charge in [0.05, 0.1) is 22.6 Å². The van der Waals surface area contributed by atoms with Gasteiger partial charge in [-0.25, -0.2) is 15.0 Å². The summed E-state index contributed by atoms with van der Waals surface area (Å²) in [6.45, 7) is 4.67. The molecule has 61 heavy (non-hydrogen) atoms. The molecule has 0 saturated carbocycles. The highest BCUT2D eigenvalue weighted by atomic mass is 14.9. The van der Waals surface area contributed by atoms with E-state index in [-0.39, 0.29) is 5.41 Å². The molecule has 0 fully saturated rings. The first-order valence-electron chi connectivity index (χ1n) is 20.9. The molecule has 0 unspecified atom stereocenters. The predicted octanol–water partition coefficient (Wildman–Crippen LogP) is 15.0. The molecular weight excluding hydrogens is 739 g/mol. The monoisotopic (exact) mass is 779 g/mol. The Morgan fingerprint density at radius 1 is 0.295 bits per heavy atom. The van der Waals surface area contributed by atoms with Crippen molar-refractivity contribution in [3.05, 3.63) is 223 Å². The lowest BCUT2D eigenvalue weighted by Gasteiger charge is -2.22. The Hall–Kier alpha value is -7.75. The van der Waals surface area contributed by atoms with Crippen LogP contribution in [0.3, 0.4) is 0 Å². The van der Waals surface area contributed by atoms with Gasteiger partial charge in [0.1, 0.15) is 0 Å². The lowest BCUT2D eigenvalue weighted by molar-refractivity contribution is 0.661. The normalized spacial score (nSPS) is 12.6. The van der Waals surface area contributed by atoms with E-state index >= 15 is 0 Å². The van der Waals surface area contributed by atoms with Crippen LogP contribution in [0.25, 0.3) is 101 Å². The highest BCUT2D eigenvalue weighted by molar-refractivity contribution is 6.02. The van der Waals surface area contributed by atoms with Gasteiger partial charge in [0.2, 0.25) is 0 Å². The van der Waals surface area contributed by atoms with E-state index in [0.29, 0.717) is 5.82 Å². The van der Waals surface area contributed by atoms with E-state index in [1.807, 2.05) is 12.1 Å². The second kappa shape index (κ2) is 14.8. The number of hydrogen-bond acceptors (Lipinski definition) is 3. The molecule has 3 nitrogen and oxygen atoms in total. The fraction of sp³-hybridized carbons (Fsp3) is 0.0517. The molecule has 3 heteroatoms. The molecule has 2 heterocycles. The third kappa shape index (κ3) is 6.52. The van der Waals surface area contributed by atoms with Gasteiger partial charge in [-0.15, -0.1) is 0 Å². The Balaban J connectivity index is 1.07. The molecule has 11 rings (SSSR count). The van der Waals surface area contributed by atoms with E-state index in [4.69, 9.17) is 15.0 Å². The molecule has 288 valence electrons. The van der Waals surface area contributed by atoms with Gasteiger partial charge in [-0.05, 0) is 92.0 Å². The summed E-state index contributed by atoms with van der Waals surface area (Å²) in [6.07, 6.45) is 0. The highest BCUT2D eigenvalue weighted by Gasteiger charge is 2.36. The van der Waals surface area contributed by atoms with Gasteiger partial charge in [-0.1, -0.05) is 190 Å². The van der Waals surface area contributed by atoms with E-state index in [2.05, 4.69) is 214 Å². The molecular formula is C58H41N3. The second-order valence-corrected chi connectivity index (χ2v) is 16.4. The molecule has 0 saturated heterocycles. The first-order valence-corrected chi connectivity index (χ1v) is 20.9. The molecule has 0 N–H and O–H groups in total. The maximum Gasteiger partial charge on any atom is 0.160 e. The second-order valence-electron chi connectivity index (χ2n) is 16.4. The zero-order chi connectivity index (χ0) is 40.9. The SMILES string of the molecule is CC1(C)c2ccccc2-c2cc3c(-c4cccc(-c5cccc(-c6nc(-c7ccccc7)cc(-c7ccccc7)n6)c5)c4)cc(-c4ccccc4-c4ccccc4)nc3cc21. The molecule has 0 amide bonds. The van der Waals surface area contributed by atoms with E-state index in [9.17, 15) is 0 Å². The standard InChI is InChI=1S/C58H41N3/c1-58(2)51-31-15-14-29-46(51)49-34-50-48(35-55(59-56(50)36-52(49)58)47-30-13-12-28-45(47)38-18-6-3-7-19-38)43-26-16-24-41(32-43)42-25-17-27-44(33-42)57-60-53(39-20-8-4-9-21-39)37-54(61-57)40-22-10-5-11-23-40/h3-37H,1-2H3. The van der Waals surface area contributed by atoms with Crippen molar-refractivity contribution < 1.29 is 0 Å². The van der Waals surface area contributed by atoms with Crippen LogP contribution >= 0.6 is 0 Å². The Labute approximate surface area is 356 Å². The van der Waals surface area contributed by atoms with Crippen LogP contribution in [0.1, 0.15) is 25.0 Å². The molecule has 2 aromatic heterocycles. The summed E-state index contributed by atoms with van der Waals surface area (Å²) in [7, 11) is 0. The van der Waals surface area contributed by atoms with E-state index < -0.39 is 0 Å². The summed E-state index contributed by atoms with van der Waals surface area (Å²) in [6, 6.07) is 75.5. The van der Waals surface area contributed by atoms with Crippen LogP contribution in [-0.4, -0.2) is 15.0 Å². The van der Waals surface area contributed by atoms with Crippen LogP contribution in [0, 0.1) is 0 Å². The summed E-state index contributed by atoms with van der Waals surface area (Å²) < 4.78 is 0. The Morgan fingerprint density at radius 2 is 0.803 bits per heavy atom. The van der Waals surface area contributed by atoms with Crippen LogP contribution in [0.2, 0.25) is 0 Å². The van der Waals surface area contributed by atoms with Crippen molar-refractivity contribution in [1.29, 1.82) is 0 Å². The molecule has 0 spiro atoms. The average Bonchev–Trinajstić information content (AvgIpc) is 3.56. The van der Waals surface area contributed by atoms with Crippen molar-refractivity contribution in [1.82, 2.24) is 15.0 Å². The third-order valence-electron chi connectivity index (χ3n) is 12.3. The van der Waals surface area contributed by atoms with Crippen molar-refractivity contribution in [3.8, 4) is 89.7 Å². The van der Waals surface area contributed by atoms with E-state index in [1.165, 1.54) is 27.8 Å². The fourth-order valence-corrected chi connectivity index (χ4v) is 9.17. The number of nitrogens with zero attached hydrogens (tertiary/aromatic N) is 3. The van der Waals surface area contributed by atoms with Crippen molar-refractivity contribution in [2.45, 2.75) is 19.3 Å². The third-order valence-corrected chi connectivity index (χ3v) is 12.3. The molecule has 0 aliphatic heterocycles. The molecule has 0 radical (unpaired) electrons. The minimum atomic E-state index is -0.142. The summed E-state index contributed by atoms with van der Waals surface area (Å²) in [5.74, 6) is 0.692. The number of fused-ring (bicyclic) bond motifs is 4. The Bertz CT molecular complexity index is 3200. The molecule has 1 aliphatic carbocycles. The van der Waals surface area contributed by atoms with Gasteiger partial charge in [-0.3, -0.25) is 0 Å². The van der Waals surface area contributed by atoms with Gasteiger partial charge in [-0.2, -0.15) is 0 Å². The maximum absolute atomic E-state index is 5.49. The first kappa shape index (κ1) is 36.3. The number of pyridine rings is 1. The summed E-state index contributed by atoms with van der Waals surface area (Å²) in [5.41, 5.74) is 19.8. The van der Waals surface area contributed by atoms with Crippen molar-refractivity contribution in [3.63, 3.8) is 0 Å². The minimum Gasteiger partial charge on any atom is -0.248 e. The summed E-state index contributed by atoms with van der Waals surface area (Å²) in [4.78, 5) is 15.8. The van der Waals surface area contributed by atoms with Crippen LogP contribution in [-0.2, 0) is 5.41 Å². The van der Waals surface area contributed by atoms with Crippen LogP contribution in [0.5, 0.6) is 0 Å². The van der Waals surface area contributed by atoms with Gasteiger partial charge < -0.3 is 0 Å².